The number of carbonyl (C=O) groups excluding carboxylic acids is 3. The molecule has 1 unspecified atom stereocenters. The van der Waals surface area contributed by atoms with E-state index in [0.717, 1.165) is 45.4 Å². The SMILES string of the molecule is CCOC(=O)CC(C)NC(=S)N1CCC2(CCN(C(=O)c3ccc(C(C)=O)cc3)CC2)C1. The van der Waals surface area contributed by atoms with E-state index in [0.29, 0.717) is 22.8 Å². The highest BCUT2D eigenvalue weighted by atomic mass is 32.1. The van der Waals surface area contributed by atoms with Gasteiger partial charge >= 0.3 is 5.97 Å². The van der Waals surface area contributed by atoms with Crippen molar-refractivity contribution >= 4 is 35.0 Å². The summed E-state index contributed by atoms with van der Waals surface area (Å²) in [5.74, 6) is -0.201. The number of hydrogen-bond acceptors (Lipinski definition) is 5. The molecule has 1 spiro atoms. The second-order valence-corrected chi connectivity index (χ2v) is 9.34. The lowest BCUT2D eigenvalue weighted by Gasteiger charge is -2.39. The summed E-state index contributed by atoms with van der Waals surface area (Å²) in [6.45, 7) is 8.84. The number of hydrogen-bond donors (Lipinski definition) is 1. The van der Waals surface area contributed by atoms with Crippen LogP contribution in [0, 0.1) is 5.41 Å². The van der Waals surface area contributed by atoms with Gasteiger partial charge in [0.1, 0.15) is 0 Å². The van der Waals surface area contributed by atoms with Gasteiger partial charge in [-0.3, -0.25) is 14.4 Å². The number of Topliss-reactive ketones (excluding diaryl/α,β-unsaturated/α-hetero) is 1. The molecule has 1 N–H and O–H groups in total. The van der Waals surface area contributed by atoms with Crippen molar-refractivity contribution < 1.29 is 19.1 Å². The molecule has 0 saturated carbocycles. The summed E-state index contributed by atoms with van der Waals surface area (Å²) in [6.07, 6.45) is 3.23. The Morgan fingerprint density at radius 2 is 1.62 bits per heavy atom. The third-order valence-electron chi connectivity index (χ3n) is 6.52. The summed E-state index contributed by atoms with van der Waals surface area (Å²) in [5, 5.41) is 3.95. The quantitative estimate of drug-likeness (QED) is 0.398. The second-order valence-electron chi connectivity index (χ2n) is 8.96. The number of ketones is 1. The number of amides is 1. The highest BCUT2D eigenvalue weighted by molar-refractivity contribution is 7.80. The second kappa shape index (κ2) is 10.4. The lowest BCUT2D eigenvalue weighted by Crippen LogP contribution is -2.47. The van der Waals surface area contributed by atoms with Crippen LogP contribution in [0.1, 0.15) is 67.2 Å². The Hall–Kier alpha value is -2.48. The fraction of sp³-hybridized carbons (Fsp3) is 0.583. The normalized spacial score (nSPS) is 18.3. The summed E-state index contributed by atoms with van der Waals surface area (Å²) in [7, 11) is 0. The first kappa shape index (κ1) is 24.2. The number of nitrogens with zero attached hydrogens (tertiary/aromatic N) is 2. The zero-order valence-electron chi connectivity index (χ0n) is 19.2. The van der Waals surface area contributed by atoms with Crippen LogP contribution in [-0.4, -0.2) is 71.4 Å². The van der Waals surface area contributed by atoms with Crippen molar-refractivity contribution in [2.45, 2.75) is 52.5 Å². The molecule has 8 heteroatoms. The van der Waals surface area contributed by atoms with Gasteiger partial charge in [0.05, 0.1) is 13.0 Å². The first-order valence-electron chi connectivity index (χ1n) is 11.3. The van der Waals surface area contributed by atoms with Crippen molar-refractivity contribution in [3.8, 4) is 0 Å². The molecule has 7 nitrogen and oxygen atoms in total. The van der Waals surface area contributed by atoms with E-state index < -0.39 is 0 Å². The molecule has 2 saturated heterocycles. The molecule has 0 aromatic heterocycles. The number of thiocarbonyl (C=S) groups is 1. The Labute approximate surface area is 195 Å². The molecule has 1 aromatic carbocycles. The van der Waals surface area contributed by atoms with Gasteiger partial charge in [-0.05, 0) is 69.8 Å². The van der Waals surface area contributed by atoms with Crippen LogP contribution in [0.2, 0.25) is 0 Å². The first-order valence-corrected chi connectivity index (χ1v) is 11.8. The lowest BCUT2D eigenvalue weighted by molar-refractivity contribution is -0.143. The summed E-state index contributed by atoms with van der Waals surface area (Å²) in [5.41, 5.74) is 1.41. The number of benzene rings is 1. The predicted octanol–water partition coefficient (Wildman–Crippen LogP) is 3.03. The fourth-order valence-corrected chi connectivity index (χ4v) is 4.91. The van der Waals surface area contributed by atoms with Crippen LogP contribution in [-0.2, 0) is 9.53 Å². The molecule has 0 radical (unpaired) electrons. The van der Waals surface area contributed by atoms with Gasteiger partial charge in [0.25, 0.3) is 5.91 Å². The third kappa shape index (κ3) is 5.85. The van der Waals surface area contributed by atoms with Gasteiger partial charge in [-0.2, -0.15) is 0 Å². The van der Waals surface area contributed by atoms with E-state index in [-0.39, 0.29) is 35.5 Å². The molecule has 0 bridgehead atoms. The van der Waals surface area contributed by atoms with Gasteiger partial charge in [0, 0.05) is 43.3 Å². The van der Waals surface area contributed by atoms with Crippen LogP contribution in [0.4, 0.5) is 0 Å². The molecular weight excluding hydrogens is 426 g/mol. The smallest absolute Gasteiger partial charge is 0.307 e. The molecule has 1 amide bonds. The van der Waals surface area contributed by atoms with Gasteiger partial charge in [0.2, 0.25) is 0 Å². The Morgan fingerprint density at radius 1 is 1.06 bits per heavy atom. The highest BCUT2D eigenvalue weighted by Gasteiger charge is 2.42. The van der Waals surface area contributed by atoms with E-state index in [2.05, 4.69) is 10.2 Å². The van der Waals surface area contributed by atoms with Gasteiger partial charge < -0.3 is 19.9 Å². The van der Waals surface area contributed by atoms with E-state index >= 15 is 0 Å². The molecule has 174 valence electrons. The number of rotatable bonds is 6. The molecular formula is C24H33N3O4S. The minimum absolute atomic E-state index is 0.00242. The zero-order chi connectivity index (χ0) is 23.3. The molecule has 0 aliphatic carbocycles. The van der Waals surface area contributed by atoms with Gasteiger partial charge in [0.15, 0.2) is 10.9 Å². The van der Waals surface area contributed by atoms with Gasteiger partial charge in [-0.25, -0.2) is 0 Å². The molecule has 2 fully saturated rings. The summed E-state index contributed by atoms with van der Waals surface area (Å²) >= 11 is 5.59. The van der Waals surface area contributed by atoms with Crippen molar-refractivity contribution in [1.29, 1.82) is 0 Å². The Bertz CT molecular complexity index is 863. The summed E-state index contributed by atoms with van der Waals surface area (Å²) in [4.78, 5) is 40.1. The standard InChI is InChI=1S/C24H33N3O4S/c1-4-31-21(29)15-17(2)25-23(32)27-14-11-24(16-27)9-12-26(13-10-24)22(30)20-7-5-19(6-8-20)18(3)28/h5-8,17H,4,9-16H2,1-3H3,(H,25,32). The molecule has 32 heavy (non-hydrogen) atoms. The van der Waals surface area contributed by atoms with Crippen molar-refractivity contribution in [2.75, 3.05) is 32.8 Å². The number of carbonyl (C=O) groups is 3. The average Bonchev–Trinajstić information content (AvgIpc) is 3.17. The maximum atomic E-state index is 12.9. The van der Waals surface area contributed by atoms with Crippen molar-refractivity contribution in [2.24, 2.45) is 5.41 Å². The van der Waals surface area contributed by atoms with Crippen LogP contribution in [0.25, 0.3) is 0 Å². The predicted molar refractivity (Wildman–Crippen MR) is 127 cm³/mol. The Morgan fingerprint density at radius 3 is 2.19 bits per heavy atom. The number of ether oxygens (including phenoxy) is 1. The van der Waals surface area contributed by atoms with E-state index in [9.17, 15) is 14.4 Å². The molecule has 3 rings (SSSR count). The summed E-state index contributed by atoms with van der Waals surface area (Å²) in [6, 6.07) is 6.83. The topological polar surface area (TPSA) is 79.0 Å². The molecule has 2 aliphatic rings. The van der Waals surface area contributed by atoms with Crippen molar-refractivity contribution in [3.63, 3.8) is 0 Å². The van der Waals surface area contributed by atoms with E-state index in [1.807, 2.05) is 11.8 Å². The largest absolute Gasteiger partial charge is 0.466 e. The van der Waals surface area contributed by atoms with Crippen LogP contribution >= 0.6 is 12.2 Å². The van der Waals surface area contributed by atoms with Crippen LogP contribution < -0.4 is 5.32 Å². The van der Waals surface area contributed by atoms with Crippen molar-refractivity contribution in [1.82, 2.24) is 15.1 Å². The number of esters is 1. The molecule has 1 aromatic rings. The lowest BCUT2D eigenvalue weighted by atomic mass is 9.77. The minimum atomic E-state index is -0.221. The zero-order valence-corrected chi connectivity index (χ0v) is 20.0. The fourth-order valence-electron chi connectivity index (χ4n) is 4.55. The number of nitrogens with one attached hydrogen (secondary N) is 1. The number of likely N-dealkylation sites (tertiary alicyclic amines) is 2. The molecule has 1 atom stereocenters. The Balaban J connectivity index is 1.49. The summed E-state index contributed by atoms with van der Waals surface area (Å²) < 4.78 is 5.00. The van der Waals surface area contributed by atoms with Crippen LogP contribution in [0.5, 0.6) is 0 Å². The first-order chi connectivity index (χ1) is 15.2. The third-order valence-corrected chi connectivity index (χ3v) is 6.90. The van der Waals surface area contributed by atoms with Gasteiger partial charge in [-0.1, -0.05) is 12.1 Å². The molecule has 2 heterocycles. The van der Waals surface area contributed by atoms with E-state index in [4.69, 9.17) is 17.0 Å². The van der Waals surface area contributed by atoms with Crippen LogP contribution in [0.15, 0.2) is 24.3 Å². The van der Waals surface area contributed by atoms with E-state index in [1.54, 1.807) is 31.2 Å². The van der Waals surface area contributed by atoms with E-state index in [1.165, 1.54) is 6.92 Å². The maximum absolute atomic E-state index is 12.9. The van der Waals surface area contributed by atoms with Gasteiger partial charge in [-0.15, -0.1) is 0 Å². The monoisotopic (exact) mass is 459 g/mol. The average molecular weight is 460 g/mol. The number of piperidine rings is 1. The van der Waals surface area contributed by atoms with Crippen LogP contribution in [0.3, 0.4) is 0 Å². The minimum Gasteiger partial charge on any atom is -0.466 e. The maximum Gasteiger partial charge on any atom is 0.307 e. The van der Waals surface area contributed by atoms with Crippen molar-refractivity contribution in [3.05, 3.63) is 35.4 Å². The Kier molecular flexibility index (Phi) is 7.87. The molecule has 2 aliphatic heterocycles. The highest BCUT2D eigenvalue weighted by Crippen LogP contribution is 2.40.